The minimum Gasteiger partial charge on any atom is -0.463 e. The van der Waals surface area contributed by atoms with E-state index >= 15 is 0 Å². The zero-order valence-electron chi connectivity index (χ0n) is 14.7. The number of hydrogen-bond donors (Lipinski definition) is 2. The van der Waals surface area contributed by atoms with Gasteiger partial charge in [-0.25, -0.2) is 18.0 Å². The lowest BCUT2D eigenvalue weighted by molar-refractivity contribution is -0.204. The molecular formula is C18H14F6N2O3. The van der Waals surface area contributed by atoms with Gasteiger partial charge >= 0.3 is 17.8 Å². The maximum absolute atomic E-state index is 14.0. The third kappa shape index (κ3) is 4.61. The molecule has 0 aliphatic rings. The maximum atomic E-state index is 14.0. The molecule has 1 atom stereocenters. The second kappa shape index (κ2) is 8.41. The first-order chi connectivity index (χ1) is 13.5. The molecule has 156 valence electrons. The Hall–Kier alpha value is -3.24. The number of rotatable bonds is 6. The zero-order valence-corrected chi connectivity index (χ0v) is 14.7. The lowest BCUT2D eigenvalue weighted by atomic mass is 10.1. The summed E-state index contributed by atoms with van der Waals surface area (Å²) in [4.78, 5) is 24.5. The molecule has 0 aliphatic carbocycles. The molecule has 0 spiro atoms. The number of nitrogens with one attached hydrogen (secondary N) is 2. The summed E-state index contributed by atoms with van der Waals surface area (Å²) in [6, 6.07) is 5.59. The molecule has 1 amide bonds. The Kier molecular flexibility index (Phi) is 6.40. The fraction of sp³-hybridized carbons (Fsp3) is 0.222. The second-order valence-corrected chi connectivity index (χ2v) is 5.65. The molecule has 2 rings (SSSR count). The summed E-state index contributed by atoms with van der Waals surface area (Å²) < 4.78 is 87.1. The van der Waals surface area contributed by atoms with Crippen molar-refractivity contribution in [3.8, 4) is 0 Å². The van der Waals surface area contributed by atoms with Crippen LogP contribution in [0.2, 0.25) is 0 Å². The van der Waals surface area contributed by atoms with Crippen molar-refractivity contribution in [3.05, 3.63) is 65.5 Å². The number of hydrogen-bond acceptors (Lipinski definition) is 4. The maximum Gasteiger partial charge on any atom is 0.441 e. The van der Waals surface area contributed by atoms with Gasteiger partial charge in [-0.3, -0.25) is 4.79 Å². The number of alkyl halides is 3. The Balaban J connectivity index is 2.57. The molecule has 29 heavy (non-hydrogen) atoms. The van der Waals surface area contributed by atoms with Gasteiger partial charge in [0.2, 0.25) is 0 Å². The van der Waals surface area contributed by atoms with Crippen molar-refractivity contribution in [2.24, 2.45) is 0 Å². The molecule has 0 heterocycles. The molecule has 0 saturated carbocycles. The second-order valence-electron chi connectivity index (χ2n) is 5.65. The summed E-state index contributed by atoms with van der Waals surface area (Å²) in [6.45, 7) is 0.690. The van der Waals surface area contributed by atoms with Crippen molar-refractivity contribution in [1.29, 1.82) is 0 Å². The first-order valence-corrected chi connectivity index (χ1v) is 8.06. The van der Waals surface area contributed by atoms with Crippen molar-refractivity contribution in [1.82, 2.24) is 5.32 Å². The molecule has 0 saturated heterocycles. The van der Waals surface area contributed by atoms with Crippen molar-refractivity contribution < 1.29 is 40.7 Å². The fourth-order valence-electron chi connectivity index (χ4n) is 2.31. The van der Waals surface area contributed by atoms with E-state index in [2.05, 4.69) is 4.74 Å². The lowest BCUT2D eigenvalue weighted by Gasteiger charge is -2.35. The average Bonchev–Trinajstić information content (AvgIpc) is 2.62. The number of carbonyl (C=O) groups is 2. The van der Waals surface area contributed by atoms with E-state index in [1.54, 1.807) is 0 Å². The van der Waals surface area contributed by atoms with Crippen molar-refractivity contribution in [2.45, 2.75) is 18.8 Å². The van der Waals surface area contributed by atoms with Gasteiger partial charge in [-0.2, -0.15) is 13.2 Å². The lowest BCUT2D eigenvalue weighted by Crippen LogP contribution is -2.69. The van der Waals surface area contributed by atoms with Crippen LogP contribution in [0.15, 0.2) is 42.5 Å². The van der Waals surface area contributed by atoms with E-state index in [0.717, 1.165) is 12.1 Å². The van der Waals surface area contributed by atoms with Crippen LogP contribution in [-0.2, 0) is 9.53 Å². The predicted octanol–water partition coefficient (Wildman–Crippen LogP) is 3.77. The Morgan fingerprint density at radius 3 is 2.21 bits per heavy atom. The number of carbonyl (C=O) groups excluding carboxylic acids is 2. The van der Waals surface area contributed by atoms with Gasteiger partial charge in [0, 0.05) is 6.07 Å². The van der Waals surface area contributed by atoms with Gasteiger partial charge in [-0.05, 0) is 31.2 Å². The van der Waals surface area contributed by atoms with Gasteiger partial charge in [0.25, 0.3) is 5.91 Å². The normalized spacial score (nSPS) is 13.3. The van der Waals surface area contributed by atoms with E-state index in [-0.39, 0.29) is 6.07 Å². The summed E-state index contributed by atoms with van der Waals surface area (Å²) in [5, 5.41) is 2.89. The highest BCUT2D eigenvalue weighted by Gasteiger charge is 2.64. The Morgan fingerprint density at radius 1 is 1.00 bits per heavy atom. The van der Waals surface area contributed by atoms with E-state index in [4.69, 9.17) is 0 Å². The van der Waals surface area contributed by atoms with Crippen LogP contribution < -0.4 is 10.6 Å². The topological polar surface area (TPSA) is 67.4 Å². The quantitative estimate of drug-likeness (QED) is 0.424. The minimum atomic E-state index is -5.57. The highest BCUT2D eigenvalue weighted by molar-refractivity contribution is 5.99. The smallest absolute Gasteiger partial charge is 0.441 e. The molecule has 0 unspecified atom stereocenters. The summed E-state index contributed by atoms with van der Waals surface area (Å²) >= 11 is 0. The fourth-order valence-corrected chi connectivity index (χ4v) is 2.31. The first kappa shape index (κ1) is 22.1. The molecule has 0 fully saturated rings. The number of anilines is 1. The van der Waals surface area contributed by atoms with Crippen molar-refractivity contribution in [3.63, 3.8) is 0 Å². The van der Waals surface area contributed by atoms with Crippen LogP contribution in [0.4, 0.5) is 32.0 Å². The highest BCUT2D eigenvalue weighted by atomic mass is 19.4. The largest absolute Gasteiger partial charge is 0.463 e. The van der Waals surface area contributed by atoms with Crippen molar-refractivity contribution >= 4 is 17.6 Å². The number of amides is 1. The van der Waals surface area contributed by atoms with Crippen LogP contribution >= 0.6 is 0 Å². The minimum absolute atomic E-state index is 0.271. The summed E-state index contributed by atoms with van der Waals surface area (Å²) in [7, 11) is 0. The van der Waals surface area contributed by atoms with E-state index in [1.165, 1.54) is 29.7 Å². The summed E-state index contributed by atoms with van der Waals surface area (Å²) in [6.07, 6.45) is -5.57. The van der Waals surface area contributed by atoms with Crippen LogP contribution in [0, 0.1) is 17.5 Å². The average molecular weight is 420 g/mol. The Labute approximate surface area is 160 Å². The summed E-state index contributed by atoms with van der Waals surface area (Å²) in [5.74, 6) is -7.36. The van der Waals surface area contributed by atoms with E-state index in [1.807, 2.05) is 0 Å². The van der Waals surface area contributed by atoms with Gasteiger partial charge in [0.05, 0.1) is 17.9 Å². The number of benzene rings is 2. The SMILES string of the molecule is CCOC(=O)[C@](NC(=O)c1ccccc1F)(Nc1ccc(F)cc1F)C(F)(F)F. The first-order valence-electron chi connectivity index (χ1n) is 8.06. The monoisotopic (exact) mass is 420 g/mol. The molecule has 11 heteroatoms. The number of esters is 1. The Bertz CT molecular complexity index is 919. The van der Waals surface area contributed by atoms with Crippen LogP contribution in [0.1, 0.15) is 17.3 Å². The van der Waals surface area contributed by atoms with Gasteiger partial charge in [0.15, 0.2) is 0 Å². The van der Waals surface area contributed by atoms with Crippen LogP contribution in [0.5, 0.6) is 0 Å². The highest BCUT2D eigenvalue weighted by Crippen LogP contribution is 2.34. The third-order valence-corrected chi connectivity index (χ3v) is 3.68. The third-order valence-electron chi connectivity index (χ3n) is 3.68. The van der Waals surface area contributed by atoms with Crippen molar-refractivity contribution in [2.75, 3.05) is 11.9 Å². The summed E-state index contributed by atoms with van der Waals surface area (Å²) in [5.41, 5.74) is -5.74. The van der Waals surface area contributed by atoms with E-state index in [0.29, 0.717) is 12.1 Å². The molecule has 0 radical (unpaired) electrons. The zero-order chi connectivity index (χ0) is 21.8. The molecular weight excluding hydrogens is 406 g/mol. The van der Waals surface area contributed by atoms with Gasteiger partial charge in [0.1, 0.15) is 17.5 Å². The van der Waals surface area contributed by atoms with Crippen LogP contribution in [0.25, 0.3) is 0 Å². The van der Waals surface area contributed by atoms with Gasteiger partial charge < -0.3 is 15.4 Å². The van der Waals surface area contributed by atoms with E-state index < -0.39 is 59.0 Å². The van der Waals surface area contributed by atoms with Gasteiger partial charge in [-0.15, -0.1) is 0 Å². The number of ether oxygens (including phenoxy) is 1. The molecule has 0 bridgehead atoms. The number of halogens is 6. The molecule has 5 nitrogen and oxygen atoms in total. The predicted molar refractivity (Wildman–Crippen MR) is 89.3 cm³/mol. The standard InChI is InChI=1S/C18H14F6N2O3/c1-2-29-16(28)17(18(22,23)24,25-14-8-7-10(19)9-13(14)21)26-15(27)11-5-3-4-6-12(11)20/h3-9,25H,2H2,1H3,(H,26,27)/t17-/m1/s1. The van der Waals surface area contributed by atoms with E-state index in [9.17, 15) is 35.9 Å². The molecule has 0 aliphatic heterocycles. The van der Waals surface area contributed by atoms with Gasteiger partial charge in [-0.1, -0.05) is 12.1 Å². The molecule has 2 aromatic carbocycles. The molecule has 2 aromatic rings. The molecule has 0 aromatic heterocycles. The molecule has 2 N–H and O–H groups in total. The van der Waals surface area contributed by atoms with Crippen LogP contribution in [0.3, 0.4) is 0 Å². The Morgan fingerprint density at radius 2 is 1.66 bits per heavy atom. The van der Waals surface area contributed by atoms with Crippen LogP contribution in [-0.4, -0.2) is 30.3 Å².